The molecule has 1 aliphatic heterocycles. The molecule has 1 fully saturated rings. The summed E-state index contributed by atoms with van der Waals surface area (Å²) in [6, 6.07) is 21.9. The molecule has 0 spiro atoms. The molecule has 3 aromatic heterocycles. The van der Waals surface area contributed by atoms with Crippen LogP contribution in [0.25, 0.3) is 11.3 Å². The Hall–Kier alpha value is -5.63. The van der Waals surface area contributed by atoms with Crippen LogP contribution in [0.5, 0.6) is 11.5 Å². The summed E-state index contributed by atoms with van der Waals surface area (Å²) in [5.41, 5.74) is 4.37. The summed E-state index contributed by atoms with van der Waals surface area (Å²) in [7, 11) is 0. The smallest absolute Gasteiger partial charge is 0.320 e. The second-order valence-corrected chi connectivity index (χ2v) is 15.4. The normalized spacial score (nSPS) is 18.0. The number of carbonyl (C=O) groups excluding carboxylic acids is 1. The molecule has 14 nitrogen and oxygen atoms in total. The molecule has 1 aliphatic carbocycles. The van der Waals surface area contributed by atoms with Gasteiger partial charge < -0.3 is 30.1 Å². The topological polar surface area (TPSA) is 160 Å². The van der Waals surface area contributed by atoms with E-state index in [0.29, 0.717) is 18.5 Å². The second kappa shape index (κ2) is 18.3. The first-order chi connectivity index (χ1) is 27.1. The van der Waals surface area contributed by atoms with Gasteiger partial charge in [-0.15, -0.1) is 10.2 Å². The number of aromatic nitrogens is 5. The lowest BCUT2D eigenvalue weighted by molar-refractivity contribution is -0.122. The van der Waals surface area contributed by atoms with Crippen LogP contribution < -0.4 is 30.3 Å². The highest BCUT2D eigenvalue weighted by Gasteiger charge is 2.31. The summed E-state index contributed by atoms with van der Waals surface area (Å²) in [5, 5.41) is 30.5. The molecule has 0 saturated carbocycles. The van der Waals surface area contributed by atoms with Crippen molar-refractivity contribution in [3.8, 4) is 17.2 Å². The molecule has 14 heteroatoms. The third-order valence-electron chi connectivity index (χ3n) is 10.2. The van der Waals surface area contributed by atoms with Crippen molar-refractivity contribution >= 4 is 29.9 Å². The van der Waals surface area contributed by atoms with Gasteiger partial charge in [0.2, 0.25) is 5.95 Å². The number of rotatable bonds is 12. The Morgan fingerprint density at radius 2 is 1.77 bits per heavy atom. The maximum Gasteiger partial charge on any atom is 0.320 e. The number of urea groups is 1. The van der Waals surface area contributed by atoms with E-state index in [0.717, 1.165) is 97.3 Å². The number of fused-ring (bicyclic) bond motifs is 2. The standard InChI is InChI=1S/C41H53N9O3.CH2O2/c1-6-21-42-22-24-52-30-14-11-13-29(25-30)50-38(26-36(47-50)41(3,4)5)44-39(51)43-34-18-19-35(33-16-8-7-15-32(33)34)53-31-17-20-37-45-46-40(49(37)27-31)48-23-10-9-12-28(48)2;2-1-3/h7-8,11,13-17,20,25-28,34-35,42H,6,9-10,12,18-19,21-24H2,1-5H3,(H2,43,44,51);1H,(H,2,3)/t28?,34-,35+;/m0./s1. The van der Waals surface area contributed by atoms with E-state index in [-0.39, 0.29) is 30.1 Å². The van der Waals surface area contributed by atoms with Crippen molar-refractivity contribution in [2.24, 2.45) is 0 Å². The zero-order valence-corrected chi connectivity index (χ0v) is 33.1. The van der Waals surface area contributed by atoms with Crippen LogP contribution in [0.2, 0.25) is 0 Å². The average Bonchev–Trinajstić information content (AvgIpc) is 3.81. The molecular formula is C42H55N9O5. The van der Waals surface area contributed by atoms with Gasteiger partial charge in [0, 0.05) is 36.7 Å². The van der Waals surface area contributed by atoms with Crippen molar-refractivity contribution in [1.29, 1.82) is 0 Å². The maximum atomic E-state index is 13.7. The third kappa shape index (κ3) is 9.59. The van der Waals surface area contributed by atoms with Crippen molar-refractivity contribution in [3.63, 3.8) is 0 Å². The van der Waals surface area contributed by atoms with Crippen LogP contribution in [0.3, 0.4) is 0 Å². The van der Waals surface area contributed by atoms with Gasteiger partial charge in [-0.1, -0.05) is 58.0 Å². The molecule has 1 unspecified atom stereocenters. The van der Waals surface area contributed by atoms with Crippen LogP contribution in [0.4, 0.5) is 16.6 Å². The number of anilines is 2. The van der Waals surface area contributed by atoms with Crippen molar-refractivity contribution in [3.05, 3.63) is 89.7 Å². The highest BCUT2D eigenvalue weighted by Crippen LogP contribution is 2.39. The largest absolute Gasteiger partial charge is 0.492 e. The molecule has 3 atom stereocenters. The summed E-state index contributed by atoms with van der Waals surface area (Å²) in [6.07, 6.45) is 7.94. The Morgan fingerprint density at radius 1 is 0.964 bits per heavy atom. The highest BCUT2D eigenvalue weighted by atomic mass is 16.5. The van der Waals surface area contributed by atoms with E-state index in [9.17, 15) is 4.79 Å². The van der Waals surface area contributed by atoms with Gasteiger partial charge >= 0.3 is 6.03 Å². The molecule has 2 amide bonds. The van der Waals surface area contributed by atoms with E-state index in [1.807, 2.05) is 65.2 Å². The van der Waals surface area contributed by atoms with E-state index >= 15 is 0 Å². The Morgan fingerprint density at radius 3 is 2.54 bits per heavy atom. The molecule has 4 N–H and O–H groups in total. The maximum absolute atomic E-state index is 13.7. The Balaban J connectivity index is 0.00000172. The molecule has 5 aromatic rings. The number of pyridine rings is 1. The number of nitrogens with one attached hydrogen (secondary N) is 3. The van der Waals surface area contributed by atoms with E-state index in [4.69, 9.17) is 24.5 Å². The number of benzene rings is 2. The summed E-state index contributed by atoms with van der Waals surface area (Å²) in [4.78, 5) is 24.4. The molecule has 7 rings (SSSR count). The zero-order chi connectivity index (χ0) is 39.7. The fourth-order valence-corrected chi connectivity index (χ4v) is 7.30. The molecule has 0 radical (unpaired) electrons. The predicted octanol–water partition coefficient (Wildman–Crippen LogP) is 7.45. The Kier molecular flexibility index (Phi) is 13.1. The number of nitrogens with zero attached hydrogens (tertiary/aromatic N) is 6. The molecule has 4 heterocycles. The van der Waals surface area contributed by atoms with Crippen molar-refractivity contribution in [2.75, 3.05) is 36.5 Å². The SMILES string of the molecule is CCCNCCOc1cccc(-n2nc(C(C)(C)C)cc2NC(=O)N[C@H]2CC[C@@H](Oc3ccc4nnc(N5CCCCC5C)n4c3)c3ccccc32)c1.O=CO. The lowest BCUT2D eigenvalue weighted by Gasteiger charge is -2.33. The number of amides is 2. The van der Waals surface area contributed by atoms with Crippen LogP contribution in [-0.2, 0) is 10.2 Å². The minimum absolute atomic E-state index is 0.161. The molecule has 56 heavy (non-hydrogen) atoms. The van der Waals surface area contributed by atoms with Gasteiger partial charge in [-0.25, -0.2) is 9.48 Å². The zero-order valence-electron chi connectivity index (χ0n) is 33.1. The lowest BCUT2D eigenvalue weighted by atomic mass is 9.85. The van der Waals surface area contributed by atoms with Crippen LogP contribution in [0.15, 0.2) is 72.9 Å². The van der Waals surface area contributed by atoms with Crippen LogP contribution in [0.1, 0.15) is 102 Å². The summed E-state index contributed by atoms with van der Waals surface area (Å²) < 4.78 is 16.5. The van der Waals surface area contributed by atoms with Gasteiger partial charge in [0.25, 0.3) is 6.47 Å². The van der Waals surface area contributed by atoms with Crippen molar-refractivity contribution < 1.29 is 24.2 Å². The highest BCUT2D eigenvalue weighted by molar-refractivity contribution is 5.89. The lowest BCUT2D eigenvalue weighted by Crippen LogP contribution is -2.38. The first kappa shape index (κ1) is 40.0. The van der Waals surface area contributed by atoms with E-state index < -0.39 is 0 Å². The van der Waals surface area contributed by atoms with Crippen molar-refractivity contribution in [2.45, 2.75) is 96.7 Å². The van der Waals surface area contributed by atoms with E-state index in [2.05, 4.69) is 77.8 Å². The molecule has 2 aromatic carbocycles. The summed E-state index contributed by atoms with van der Waals surface area (Å²) in [6.45, 7) is 13.8. The van der Waals surface area contributed by atoms with Gasteiger partial charge in [0.1, 0.15) is 30.0 Å². The van der Waals surface area contributed by atoms with Gasteiger partial charge in [-0.05, 0) is 87.4 Å². The van der Waals surface area contributed by atoms with Gasteiger partial charge in [0.15, 0.2) is 5.65 Å². The summed E-state index contributed by atoms with van der Waals surface area (Å²) in [5.74, 6) is 2.96. The van der Waals surface area contributed by atoms with Crippen LogP contribution in [-0.4, -0.2) is 74.3 Å². The first-order valence-electron chi connectivity index (χ1n) is 19.7. The fourth-order valence-electron chi connectivity index (χ4n) is 7.30. The third-order valence-corrected chi connectivity index (χ3v) is 10.2. The van der Waals surface area contributed by atoms with E-state index in [1.54, 1.807) is 4.68 Å². The molecule has 298 valence electrons. The number of carbonyl (C=O) groups is 2. The van der Waals surface area contributed by atoms with Gasteiger partial charge in [-0.2, -0.15) is 5.10 Å². The molecule has 0 bridgehead atoms. The number of carboxylic acid groups (broad SMARTS) is 1. The number of ether oxygens (including phenoxy) is 2. The average molecular weight is 766 g/mol. The van der Waals surface area contributed by atoms with E-state index in [1.165, 1.54) is 6.42 Å². The first-order valence-corrected chi connectivity index (χ1v) is 19.7. The van der Waals surface area contributed by atoms with Crippen LogP contribution >= 0.6 is 0 Å². The van der Waals surface area contributed by atoms with Crippen LogP contribution in [0, 0.1) is 0 Å². The fraction of sp³-hybridized carbons (Fsp3) is 0.452. The van der Waals surface area contributed by atoms with Gasteiger partial charge in [0.05, 0.1) is 23.6 Å². The monoisotopic (exact) mass is 765 g/mol. The predicted molar refractivity (Wildman–Crippen MR) is 217 cm³/mol. The van der Waals surface area contributed by atoms with Gasteiger partial charge in [-0.3, -0.25) is 14.5 Å². The minimum Gasteiger partial charge on any atom is -0.492 e. The number of hydrogen-bond acceptors (Lipinski definition) is 9. The number of hydrogen-bond donors (Lipinski definition) is 4. The Bertz CT molecular complexity index is 2070. The molecular weight excluding hydrogens is 711 g/mol. The van der Waals surface area contributed by atoms with Crippen molar-refractivity contribution in [1.82, 2.24) is 35.0 Å². The summed E-state index contributed by atoms with van der Waals surface area (Å²) >= 11 is 0. The Labute approximate surface area is 328 Å². The molecule has 2 aliphatic rings. The quantitative estimate of drug-likeness (QED) is 0.0742. The minimum atomic E-state index is -0.294. The second-order valence-electron chi connectivity index (χ2n) is 15.4. The molecule has 1 saturated heterocycles. The number of piperidine rings is 1.